The number of ether oxygens (including phenoxy) is 1. The maximum atomic E-state index is 12.7. The SMILES string of the molecule is COc1cc(C(=O)CC2CCC(N3CCN(CC4CC4)CC3)CC2)ccc1C. The van der Waals surface area contributed by atoms with Crippen LogP contribution >= 0.6 is 0 Å². The highest BCUT2D eigenvalue weighted by Crippen LogP contribution is 2.33. The first-order chi connectivity index (χ1) is 13.6. The zero-order valence-corrected chi connectivity index (χ0v) is 17.7. The number of hydrogen-bond donors (Lipinski definition) is 0. The van der Waals surface area contributed by atoms with E-state index in [-0.39, 0.29) is 5.78 Å². The standard InChI is InChI=1S/C24H36N2O2/c1-18-3-8-21(16-24(18)28-2)23(27)15-19-6-9-22(10-7-19)26-13-11-25(12-14-26)17-20-4-5-20/h3,8,16,19-20,22H,4-7,9-15,17H2,1-2H3. The summed E-state index contributed by atoms with van der Waals surface area (Å²) in [4.78, 5) is 18.1. The number of Topliss-reactive ketones (excluding diaryl/α,β-unsaturated/α-hetero) is 1. The Labute approximate surface area is 170 Å². The van der Waals surface area contributed by atoms with Gasteiger partial charge in [-0.15, -0.1) is 0 Å². The maximum Gasteiger partial charge on any atom is 0.163 e. The van der Waals surface area contributed by atoms with Crippen LogP contribution in [0.2, 0.25) is 0 Å². The van der Waals surface area contributed by atoms with Gasteiger partial charge in [-0.3, -0.25) is 9.69 Å². The number of aryl methyl sites for hydroxylation is 1. The maximum absolute atomic E-state index is 12.7. The molecule has 0 atom stereocenters. The van der Waals surface area contributed by atoms with E-state index in [4.69, 9.17) is 4.74 Å². The molecule has 0 radical (unpaired) electrons. The van der Waals surface area contributed by atoms with E-state index in [1.54, 1.807) is 7.11 Å². The van der Waals surface area contributed by atoms with E-state index in [0.29, 0.717) is 12.3 Å². The summed E-state index contributed by atoms with van der Waals surface area (Å²) >= 11 is 0. The molecule has 2 aliphatic carbocycles. The van der Waals surface area contributed by atoms with Crippen LogP contribution in [0, 0.1) is 18.8 Å². The van der Waals surface area contributed by atoms with Gasteiger partial charge < -0.3 is 9.64 Å². The minimum atomic E-state index is 0.274. The lowest BCUT2D eigenvalue weighted by atomic mass is 9.81. The van der Waals surface area contributed by atoms with E-state index in [0.717, 1.165) is 28.8 Å². The summed E-state index contributed by atoms with van der Waals surface area (Å²) in [6, 6.07) is 6.59. The number of nitrogens with zero attached hydrogens (tertiary/aromatic N) is 2. The first-order valence-corrected chi connectivity index (χ1v) is 11.3. The largest absolute Gasteiger partial charge is 0.496 e. The third-order valence-electron chi connectivity index (χ3n) is 7.16. The minimum Gasteiger partial charge on any atom is -0.496 e. The van der Waals surface area contributed by atoms with Crippen molar-refractivity contribution >= 4 is 5.78 Å². The van der Waals surface area contributed by atoms with Gasteiger partial charge in [-0.1, -0.05) is 12.1 Å². The molecule has 4 rings (SSSR count). The molecule has 0 spiro atoms. The Morgan fingerprint density at radius 2 is 1.68 bits per heavy atom. The molecule has 4 heteroatoms. The molecule has 1 aromatic rings. The third-order valence-corrected chi connectivity index (χ3v) is 7.16. The van der Waals surface area contributed by atoms with Crippen LogP contribution in [0.25, 0.3) is 0 Å². The van der Waals surface area contributed by atoms with E-state index in [1.165, 1.54) is 71.2 Å². The number of carbonyl (C=O) groups is 1. The van der Waals surface area contributed by atoms with Gasteiger partial charge in [0.05, 0.1) is 7.11 Å². The van der Waals surface area contributed by atoms with Crippen LogP contribution in [0.4, 0.5) is 0 Å². The molecular formula is C24H36N2O2. The summed E-state index contributed by atoms with van der Waals surface area (Å²) in [5, 5.41) is 0. The van der Waals surface area contributed by atoms with Crippen molar-refractivity contribution in [1.29, 1.82) is 0 Å². The molecule has 3 fully saturated rings. The number of piperazine rings is 1. The molecule has 0 amide bonds. The fraction of sp³-hybridized carbons (Fsp3) is 0.708. The second-order valence-corrected chi connectivity index (χ2v) is 9.27. The third kappa shape index (κ3) is 4.96. The van der Waals surface area contributed by atoms with E-state index in [9.17, 15) is 4.79 Å². The summed E-state index contributed by atoms with van der Waals surface area (Å²) in [5.74, 6) is 2.64. The van der Waals surface area contributed by atoms with Crippen LogP contribution in [0.3, 0.4) is 0 Å². The average Bonchev–Trinajstić information content (AvgIpc) is 3.53. The van der Waals surface area contributed by atoms with Crippen molar-refractivity contribution in [1.82, 2.24) is 9.80 Å². The molecule has 1 heterocycles. The highest BCUT2D eigenvalue weighted by molar-refractivity contribution is 5.96. The van der Waals surface area contributed by atoms with Gasteiger partial charge in [0.1, 0.15) is 5.75 Å². The molecule has 0 bridgehead atoms. The molecular weight excluding hydrogens is 348 g/mol. The van der Waals surface area contributed by atoms with E-state index >= 15 is 0 Å². The van der Waals surface area contributed by atoms with Gasteiger partial charge in [0.2, 0.25) is 0 Å². The van der Waals surface area contributed by atoms with Gasteiger partial charge in [-0.25, -0.2) is 0 Å². The predicted molar refractivity (Wildman–Crippen MR) is 113 cm³/mol. The molecule has 2 saturated carbocycles. The number of rotatable bonds is 7. The molecule has 28 heavy (non-hydrogen) atoms. The second kappa shape index (κ2) is 8.96. The highest BCUT2D eigenvalue weighted by atomic mass is 16.5. The monoisotopic (exact) mass is 384 g/mol. The molecule has 154 valence electrons. The van der Waals surface area contributed by atoms with Crippen molar-refractivity contribution in [2.24, 2.45) is 11.8 Å². The first kappa shape index (κ1) is 19.9. The summed E-state index contributed by atoms with van der Waals surface area (Å²) in [7, 11) is 1.67. The van der Waals surface area contributed by atoms with E-state index in [2.05, 4.69) is 9.80 Å². The van der Waals surface area contributed by atoms with Crippen LogP contribution in [0.5, 0.6) is 5.75 Å². The quantitative estimate of drug-likeness (QED) is 0.661. The van der Waals surface area contributed by atoms with Crippen molar-refractivity contribution in [2.45, 2.75) is 57.9 Å². The summed E-state index contributed by atoms with van der Waals surface area (Å²) in [6.45, 7) is 8.34. The van der Waals surface area contributed by atoms with Gasteiger partial charge in [-0.2, -0.15) is 0 Å². The topological polar surface area (TPSA) is 32.8 Å². The molecule has 1 aromatic carbocycles. The highest BCUT2D eigenvalue weighted by Gasteiger charge is 2.31. The first-order valence-electron chi connectivity index (χ1n) is 11.3. The normalized spacial score (nSPS) is 26.9. The van der Waals surface area contributed by atoms with Crippen molar-refractivity contribution in [3.8, 4) is 5.75 Å². The Bertz CT molecular complexity index is 669. The van der Waals surface area contributed by atoms with Crippen LogP contribution in [-0.2, 0) is 0 Å². The number of carbonyl (C=O) groups excluding carboxylic acids is 1. The molecule has 1 aliphatic heterocycles. The zero-order chi connectivity index (χ0) is 19.5. The lowest BCUT2D eigenvalue weighted by molar-refractivity contribution is 0.0659. The van der Waals surface area contributed by atoms with Gasteiger partial charge in [0.15, 0.2) is 5.78 Å². The molecule has 0 N–H and O–H groups in total. The Balaban J connectivity index is 1.21. The Kier molecular flexibility index (Phi) is 6.37. The lowest BCUT2D eigenvalue weighted by Gasteiger charge is -2.42. The Hall–Kier alpha value is -1.39. The smallest absolute Gasteiger partial charge is 0.163 e. The Morgan fingerprint density at radius 1 is 1.00 bits per heavy atom. The van der Waals surface area contributed by atoms with E-state index < -0.39 is 0 Å². The number of ketones is 1. The zero-order valence-electron chi connectivity index (χ0n) is 17.7. The molecule has 1 saturated heterocycles. The fourth-order valence-electron chi connectivity index (χ4n) is 5.06. The lowest BCUT2D eigenvalue weighted by Crippen LogP contribution is -2.51. The average molecular weight is 385 g/mol. The van der Waals surface area contributed by atoms with Crippen molar-refractivity contribution in [2.75, 3.05) is 39.8 Å². The van der Waals surface area contributed by atoms with Crippen LogP contribution in [0.15, 0.2) is 18.2 Å². The van der Waals surface area contributed by atoms with Gasteiger partial charge >= 0.3 is 0 Å². The number of hydrogen-bond acceptors (Lipinski definition) is 4. The number of benzene rings is 1. The molecule has 3 aliphatic rings. The summed E-state index contributed by atoms with van der Waals surface area (Å²) in [5.41, 5.74) is 1.88. The second-order valence-electron chi connectivity index (χ2n) is 9.27. The van der Waals surface area contributed by atoms with Crippen LogP contribution < -0.4 is 4.74 Å². The van der Waals surface area contributed by atoms with E-state index in [1.807, 2.05) is 25.1 Å². The molecule has 4 nitrogen and oxygen atoms in total. The van der Waals surface area contributed by atoms with Gasteiger partial charge in [-0.05, 0) is 68.9 Å². The predicted octanol–water partition coefficient (Wildman–Crippen LogP) is 4.16. The number of methoxy groups -OCH3 is 1. The van der Waals surface area contributed by atoms with Gasteiger partial charge in [0.25, 0.3) is 0 Å². The minimum absolute atomic E-state index is 0.274. The van der Waals surface area contributed by atoms with Crippen LogP contribution in [0.1, 0.15) is 60.9 Å². The molecule has 0 aromatic heterocycles. The Morgan fingerprint density at radius 3 is 2.32 bits per heavy atom. The summed E-state index contributed by atoms with van der Waals surface area (Å²) < 4.78 is 5.38. The summed E-state index contributed by atoms with van der Waals surface area (Å²) in [6.07, 6.45) is 8.52. The fourth-order valence-corrected chi connectivity index (χ4v) is 5.06. The van der Waals surface area contributed by atoms with Crippen molar-refractivity contribution in [3.05, 3.63) is 29.3 Å². The molecule has 0 unspecified atom stereocenters. The van der Waals surface area contributed by atoms with Gasteiger partial charge in [0, 0.05) is 50.7 Å². The van der Waals surface area contributed by atoms with Crippen molar-refractivity contribution < 1.29 is 9.53 Å². The van der Waals surface area contributed by atoms with Crippen LogP contribution in [-0.4, -0.2) is 61.5 Å². The van der Waals surface area contributed by atoms with Crippen molar-refractivity contribution in [3.63, 3.8) is 0 Å².